The number of anilines is 2. The monoisotopic (exact) mass is 801 g/mol. The number of hydrogen-bond acceptors (Lipinski definition) is 12. The fourth-order valence-corrected chi connectivity index (χ4v) is 6.71. The van der Waals surface area contributed by atoms with Gasteiger partial charge in [-0.15, -0.1) is 10.2 Å². The van der Waals surface area contributed by atoms with Gasteiger partial charge in [0.1, 0.15) is 16.3 Å². The van der Waals surface area contributed by atoms with Crippen LogP contribution in [-0.2, 0) is 10.1 Å². The van der Waals surface area contributed by atoms with Gasteiger partial charge in [0.05, 0.1) is 34.1 Å². The summed E-state index contributed by atoms with van der Waals surface area (Å²) in [6, 6.07) is 38.0. The van der Waals surface area contributed by atoms with Crippen LogP contribution in [0.2, 0.25) is 0 Å². The molecule has 7 aromatic carbocycles. The minimum atomic E-state index is -4.44. The van der Waals surface area contributed by atoms with Crippen molar-refractivity contribution in [2.24, 2.45) is 40.9 Å². The van der Waals surface area contributed by atoms with Crippen LogP contribution < -0.4 is 5.32 Å². The quantitative estimate of drug-likeness (QED) is 0.0866. The van der Waals surface area contributed by atoms with Crippen LogP contribution in [0.4, 0.5) is 56.9 Å². The molecule has 0 fully saturated rings. The lowest BCUT2D eigenvalue weighted by Gasteiger charge is -2.10. The SMILES string of the molecule is Cc1ccc(Nc2ccc3c(O)c(N=Nc4cc(C)c(N=Nc5ccc(N=Nc6ccc(N=Nc7ccccc7S(=O)(=O)O)c(C)c6)c(C)c5)cc4C)ccc3c2)cc1. The summed E-state index contributed by atoms with van der Waals surface area (Å²) in [4.78, 5) is -0.323. The van der Waals surface area contributed by atoms with Crippen LogP contribution in [0.15, 0.2) is 173 Å². The molecule has 7 rings (SSSR count). The van der Waals surface area contributed by atoms with Crippen molar-refractivity contribution in [1.29, 1.82) is 0 Å². The Hall–Kier alpha value is -7.29. The lowest BCUT2D eigenvalue weighted by molar-refractivity contribution is 0.482. The summed E-state index contributed by atoms with van der Waals surface area (Å²) in [6.07, 6.45) is 0. The average molecular weight is 802 g/mol. The zero-order valence-corrected chi connectivity index (χ0v) is 33.6. The molecule has 14 heteroatoms. The Kier molecular flexibility index (Phi) is 11.5. The van der Waals surface area contributed by atoms with E-state index in [1.807, 2.05) is 94.4 Å². The minimum absolute atomic E-state index is 0.0284. The summed E-state index contributed by atoms with van der Waals surface area (Å²) in [5.41, 5.74) is 10.5. The third kappa shape index (κ3) is 9.64. The molecular formula is C45H39N9O4S. The van der Waals surface area contributed by atoms with E-state index in [2.05, 4.69) is 65.3 Å². The predicted molar refractivity (Wildman–Crippen MR) is 231 cm³/mol. The van der Waals surface area contributed by atoms with Crippen molar-refractivity contribution in [3.05, 3.63) is 155 Å². The molecule has 0 aliphatic carbocycles. The van der Waals surface area contributed by atoms with E-state index in [1.165, 1.54) is 23.8 Å². The first-order chi connectivity index (χ1) is 28.3. The molecule has 7 aromatic rings. The maximum Gasteiger partial charge on any atom is 0.296 e. The second-order valence-corrected chi connectivity index (χ2v) is 15.4. The number of rotatable bonds is 11. The zero-order valence-electron chi connectivity index (χ0n) is 32.8. The molecule has 0 saturated carbocycles. The Balaban J connectivity index is 0.997. The number of hydrogen-bond donors (Lipinski definition) is 3. The maximum atomic E-state index is 11.7. The van der Waals surface area contributed by atoms with Crippen LogP contribution >= 0.6 is 0 Å². The Bertz CT molecular complexity index is 2960. The Morgan fingerprint density at radius 2 is 0.949 bits per heavy atom. The lowest BCUT2D eigenvalue weighted by atomic mass is 10.1. The Morgan fingerprint density at radius 3 is 1.56 bits per heavy atom. The van der Waals surface area contributed by atoms with Crippen LogP contribution in [0, 0.1) is 34.6 Å². The molecule has 0 heterocycles. The molecule has 0 saturated heterocycles. The summed E-state index contributed by atoms with van der Waals surface area (Å²) < 4.78 is 32.8. The van der Waals surface area contributed by atoms with Crippen LogP contribution in [0.5, 0.6) is 5.75 Å². The molecule has 0 atom stereocenters. The maximum absolute atomic E-state index is 11.7. The van der Waals surface area contributed by atoms with Gasteiger partial charge in [0.25, 0.3) is 10.1 Å². The predicted octanol–water partition coefficient (Wildman–Crippen LogP) is 14.7. The van der Waals surface area contributed by atoms with E-state index >= 15 is 0 Å². The summed E-state index contributed by atoms with van der Waals surface area (Å²) in [5, 5.41) is 50.9. The van der Waals surface area contributed by atoms with Gasteiger partial charge in [0.15, 0.2) is 5.75 Å². The van der Waals surface area contributed by atoms with Crippen molar-refractivity contribution in [3.63, 3.8) is 0 Å². The molecule has 0 bridgehead atoms. The molecule has 0 spiro atoms. The summed E-state index contributed by atoms with van der Waals surface area (Å²) in [7, 11) is -4.44. The van der Waals surface area contributed by atoms with Gasteiger partial charge in [-0.1, -0.05) is 35.9 Å². The van der Waals surface area contributed by atoms with Crippen molar-refractivity contribution < 1.29 is 18.1 Å². The first kappa shape index (κ1) is 39.9. The Labute approximate surface area is 341 Å². The van der Waals surface area contributed by atoms with Gasteiger partial charge >= 0.3 is 0 Å². The molecule has 0 amide bonds. The summed E-state index contributed by atoms with van der Waals surface area (Å²) in [5.74, 6) is 0.0607. The van der Waals surface area contributed by atoms with E-state index in [-0.39, 0.29) is 16.3 Å². The number of phenolic OH excluding ortho intramolecular Hbond substituents is 1. The number of nitrogens with one attached hydrogen (secondary N) is 1. The van der Waals surface area contributed by atoms with Crippen LogP contribution in [0.25, 0.3) is 10.8 Å². The van der Waals surface area contributed by atoms with Gasteiger partial charge in [-0.3, -0.25) is 4.55 Å². The van der Waals surface area contributed by atoms with E-state index in [0.29, 0.717) is 45.2 Å². The molecule has 0 aliphatic rings. The van der Waals surface area contributed by atoms with Gasteiger partial charge in [-0.05, 0) is 159 Å². The van der Waals surface area contributed by atoms with Crippen molar-refractivity contribution in [3.8, 4) is 5.75 Å². The lowest BCUT2D eigenvalue weighted by Crippen LogP contribution is -1.97. The van der Waals surface area contributed by atoms with Crippen molar-refractivity contribution in [2.75, 3.05) is 5.32 Å². The van der Waals surface area contributed by atoms with Gasteiger partial charge < -0.3 is 10.4 Å². The molecule has 0 aromatic heterocycles. The normalized spacial score (nSPS) is 12.2. The number of aryl methyl sites for hydroxylation is 5. The van der Waals surface area contributed by atoms with Crippen LogP contribution in [0.3, 0.4) is 0 Å². The molecule has 0 aliphatic heterocycles. The van der Waals surface area contributed by atoms with E-state index in [1.54, 1.807) is 30.3 Å². The van der Waals surface area contributed by atoms with Crippen LogP contribution in [-0.4, -0.2) is 18.1 Å². The topological polar surface area (TPSA) is 186 Å². The highest BCUT2D eigenvalue weighted by atomic mass is 32.2. The highest BCUT2D eigenvalue weighted by molar-refractivity contribution is 7.86. The standard InChI is InChI=1S/C45H39N9O4S/c1-27-10-13-33(14-11-27)46-34-15-18-37-32(26-34)12-19-41(45(37)55)52-54-43-25-30(4)42(24-31(43)5)53-48-36-16-20-38(28(2)22-36)49-47-35-17-21-39(29(3)23-35)50-51-40-8-6-7-9-44(40)59(56,57)58/h6-26,46,55H,1-5H3,(H,56,57,58). The molecule has 3 N–H and O–H groups in total. The molecular weight excluding hydrogens is 763 g/mol. The third-order valence-electron chi connectivity index (χ3n) is 9.41. The molecule has 294 valence electrons. The average Bonchev–Trinajstić information content (AvgIpc) is 3.21. The highest BCUT2D eigenvalue weighted by Crippen LogP contribution is 2.39. The third-order valence-corrected chi connectivity index (χ3v) is 10.3. The van der Waals surface area contributed by atoms with E-state index in [4.69, 9.17) is 0 Å². The van der Waals surface area contributed by atoms with Crippen molar-refractivity contribution in [1.82, 2.24) is 0 Å². The van der Waals surface area contributed by atoms with Gasteiger partial charge in [0.2, 0.25) is 0 Å². The Morgan fingerprint density at radius 1 is 0.458 bits per heavy atom. The second-order valence-electron chi connectivity index (χ2n) is 14.0. The molecule has 13 nitrogen and oxygen atoms in total. The van der Waals surface area contributed by atoms with E-state index in [0.717, 1.165) is 39.0 Å². The van der Waals surface area contributed by atoms with E-state index < -0.39 is 10.1 Å². The second kappa shape index (κ2) is 17.1. The van der Waals surface area contributed by atoms with Gasteiger partial charge in [-0.2, -0.15) is 39.1 Å². The number of phenols is 1. The number of azo groups is 4. The minimum Gasteiger partial charge on any atom is -0.505 e. The van der Waals surface area contributed by atoms with Gasteiger partial charge in [-0.25, -0.2) is 0 Å². The zero-order chi connectivity index (χ0) is 41.7. The van der Waals surface area contributed by atoms with Crippen LogP contribution in [0.1, 0.15) is 27.8 Å². The number of nitrogens with zero attached hydrogens (tertiary/aromatic N) is 8. The molecule has 59 heavy (non-hydrogen) atoms. The van der Waals surface area contributed by atoms with Gasteiger partial charge in [0, 0.05) is 16.8 Å². The number of benzene rings is 7. The molecule has 0 unspecified atom stereocenters. The number of aromatic hydroxyl groups is 1. The van der Waals surface area contributed by atoms with Crippen molar-refractivity contribution in [2.45, 2.75) is 39.5 Å². The summed E-state index contributed by atoms with van der Waals surface area (Å²) >= 11 is 0. The fourth-order valence-electron chi connectivity index (χ4n) is 6.09. The van der Waals surface area contributed by atoms with E-state index in [9.17, 15) is 18.1 Å². The first-order valence-electron chi connectivity index (χ1n) is 18.5. The first-order valence-corrected chi connectivity index (χ1v) is 19.9. The number of fused-ring (bicyclic) bond motifs is 1. The smallest absolute Gasteiger partial charge is 0.296 e. The van der Waals surface area contributed by atoms with Crippen molar-refractivity contribution >= 4 is 77.8 Å². The fraction of sp³-hybridized carbons (Fsp3) is 0.111. The summed E-state index contributed by atoms with van der Waals surface area (Å²) in [6.45, 7) is 9.64. The largest absolute Gasteiger partial charge is 0.505 e. The highest BCUT2D eigenvalue weighted by Gasteiger charge is 2.15. The molecule has 0 radical (unpaired) electrons.